The molecule has 2 bridgehead atoms. The van der Waals surface area contributed by atoms with Gasteiger partial charge in [0, 0.05) is 30.0 Å². The number of ketones is 1. The summed E-state index contributed by atoms with van der Waals surface area (Å²) in [6.07, 6.45) is 3.76. The van der Waals surface area contributed by atoms with Gasteiger partial charge in [0.05, 0.1) is 4.47 Å². The van der Waals surface area contributed by atoms with Gasteiger partial charge in [-0.05, 0) is 60.8 Å². The van der Waals surface area contributed by atoms with Gasteiger partial charge in [-0.1, -0.05) is 0 Å². The van der Waals surface area contributed by atoms with Crippen LogP contribution in [0.3, 0.4) is 0 Å². The largest absolute Gasteiger partial charge is 0.300 e. The van der Waals surface area contributed by atoms with E-state index in [4.69, 9.17) is 0 Å². The van der Waals surface area contributed by atoms with Gasteiger partial charge in [0.15, 0.2) is 0 Å². The number of Topliss-reactive ketones (excluding diaryl/α,β-unsaturated/α-hetero) is 1. The molecule has 0 aliphatic carbocycles. The molecule has 0 saturated carbocycles. The molecule has 2 saturated heterocycles. The Morgan fingerprint density at radius 2 is 1.90 bits per heavy atom. The normalized spacial score (nSPS) is 28.9. The Morgan fingerprint density at radius 3 is 2.52 bits per heavy atom. The van der Waals surface area contributed by atoms with Gasteiger partial charge in [0.1, 0.15) is 17.4 Å². The van der Waals surface area contributed by atoms with E-state index in [0.717, 1.165) is 25.7 Å². The summed E-state index contributed by atoms with van der Waals surface area (Å²) in [4.78, 5) is 14.8. The van der Waals surface area contributed by atoms with Crippen LogP contribution in [0.15, 0.2) is 16.6 Å². The molecule has 21 heavy (non-hydrogen) atoms. The number of fused-ring (bicyclic) bond motifs is 2. The van der Waals surface area contributed by atoms with Gasteiger partial charge in [0.2, 0.25) is 0 Å². The Bertz CT molecular complexity index is 564. The third kappa shape index (κ3) is 2.78. The van der Waals surface area contributed by atoms with Gasteiger partial charge < -0.3 is 4.90 Å². The number of hydrogen-bond donors (Lipinski definition) is 0. The summed E-state index contributed by atoms with van der Waals surface area (Å²) in [5.74, 6) is -1.38. The summed E-state index contributed by atoms with van der Waals surface area (Å²) in [6.45, 7) is 0. The first-order valence-electron chi connectivity index (χ1n) is 7.34. The van der Waals surface area contributed by atoms with E-state index in [1.54, 1.807) is 0 Å². The van der Waals surface area contributed by atoms with Crippen LogP contribution in [0.4, 0.5) is 8.78 Å². The molecule has 0 aromatic heterocycles. The molecular formula is C16H18BrF2NO. The number of piperidine rings is 1. The maximum atomic E-state index is 14.0. The predicted octanol–water partition coefficient (Wildman–Crippen LogP) is 3.71. The van der Waals surface area contributed by atoms with E-state index in [9.17, 15) is 13.6 Å². The van der Waals surface area contributed by atoms with Gasteiger partial charge in [-0.2, -0.15) is 0 Å². The molecule has 2 nitrogen and oxygen atoms in total. The third-order valence-corrected chi connectivity index (χ3v) is 5.66. The van der Waals surface area contributed by atoms with Crippen LogP contribution in [0, 0.1) is 17.6 Å². The molecule has 2 aliphatic heterocycles. The minimum absolute atomic E-state index is 0.0316. The highest BCUT2D eigenvalue weighted by Gasteiger charge is 2.40. The minimum atomic E-state index is -0.653. The second-order valence-electron chi connectivity index (χ2n) is 6.18. The van der Waals surface area contributed by atoms with Crippen molar-refractivity contribution in [1.82, 2.24) is 4.90 Å². The molecule has 0 N–H and O–H groups in total. The number of nitrogens with zero attached hydrogens (tertiary/aromatic N) is 1. The van der Waals surface area contributed by atoms with Crippen LogP contribution in [-0.4, -0.2) is 29.8 Å². The van der Waals surface area contributed by atoms with E-state index >= 15 is 0 Å². The van der Waals surface area contributed by atoms with Gasteiger partial charge >= 0.3 is 0 Å². The van der Waals surface area contributed by atoms with Crippen LogP contribution >= 0.6 is 15.9 Å². The van der Waals surface area contributed by atoms with Crippen molar-refractivity contribution in [1.29, 1.82) is 0 Å². The molecule has 2 unspecified atom stereocenters. The van der Waals surface area contributed by atoms with E-state index in [-0.39, 0.29) is 28.2 Å². The summed E-state index contributed by atoms with van der Waals surface area (Å²) >= 11 is 3.04. The van der Waals surface area contributed by atoms with Crippen molar-refractivity contribution in [2.75, 3.05) is 7.05 Å². The van der Waals surface area contributed by atoms with Gasteiger partial charge in [-0.3, -0.25) is 4.79 Å². The fraction of sp³-hybridized carbons (Fsp3) is 0.562. The van der Waals surface area contributed by atoms with E-state index in [0.29, 0.717) is 12.1 Å². The maximum Gasteiger partial charge on any atom is 0.143 e. The molecule has 114 valence electrons. The fourth-order valence-corrected chi connectivity index (χ4v) is 4.10. The molecule has 3 rings (SSSR count). The fourth-order valence-electron chi connectivity index (χ4n) is 3.72. The highest BCUT2D eigenvalue weighted by atomic mass is 79.9. The number of halogens is 3. The van der Waals surface area contributed by atoms with Gasteiger partial charge in [-0.15, -0.1) is 0 Å². The molecular weight excluding hydrogens is 340 g/mol. The lowest BCUT2D eigenvalue weighted by Gasteiger charge is -2.35. The Hall–Kier alpha value is -0.810. The van der Waals surface area contributed by atoms with Crippen molar-refractivity contribution in [3.63, 3.8) is 0 Å². The smallest absolute Gasteiger partial charge is 0.143 e. The van der Waals surface area contributed by atoms with Gasteiger partial charge in [0.25, 0.3) is 0 Å². The summed E-state index contributed by atoms with van der Waals surface area (Å²) in [7, 11) is 2.11. The molecule has 5 heteroatoms. The van der Waals surface area contributed by atoms with Crippen molar-refractivity contribution in [3.05, 3.63) is 33.8 Å². The molecule has 1 aromatic carbocycles. The first-order valence-corrected chi connectivity index (χ1v) is 8.13. The molecule has 2 fully saturated rings. The number of rotatable bonds is 3. The van der Waals surface area contributed by atoms with E-state index < -0.39 is 11.6 Å². The molecule has 0 radical (unpaired) electrons. The van der Waals surface area contributed by atoms with Crippen molar-refractivity contribution >= 4 is 21.7 Å². The predicted molar refractivity (Wildman–Crippen MR) is 80.1 cm³/mol. The number of hydrogen-bond acceptors (Lipinski definition) is 2. The Morgan fingerprint density at radius 1 is 1.29 bits per heavy atom. The van der Waals surface area contributed by atoms with Crippen LogP contribution < -0.4 is 0 Å². The molecule has 2 heterocycles. The molecule has 2 aliphatic rings. The Balaban J connectivity index is 1.75. The number of benzene rings is 1. The topological polar surface area (TPSA) is 20.3 Å². The number of carbonyl (C=O) groups is 1. The molecule has 0 spiro atoms. The first kappa shape index (κ1) is 15.1. The molecule has 2 atom stereocenters. The number of carbonyl (C=O) groups excluding carboxylic acids is 1. The van der Waals surface area contributed by atoms with Crippen molar-refractivity contribution in [2.45, 2.75) is 44.2 Å². The van der Waals surface area contributed by atoms with Crippen LogP contribution in [-0.2, 0) is 11.2 Å². The van der Waals surface area contributed by atoms with Crippen molar-refractivity contribution < 1.29 is 13.6 Å². The zero-order chi connectivity index (χ0) is 15.1. The van der Waals surface area contributed by atoms with Crippen molar-refractivity contribution in [2.24, 2.45) is 5.92 Å². The molecule has 0 amide bonds. The van der Waals surface area contributed by atoms with E-state index in [1.807, 2.05) is 0 Å². The second kappa shape index (κ2) is 5.76. The monoisotopic (exact) mass is 357 g/mol. The Kier molecular flexibility index (Phi) is 4.14. The quantitative estimate of drug-likeness (QED) is 0.768. The second-order valence-corrected chi connectivity index (χ2v) is 7.04. The average Bonchev–Trinajstić information content (AvgIpc) is 2.68. The highest BCUT2D eigenvalue weighted by Crippen LogP contribution is 2.38. The van der Waals surface area contributed by atoms with Crippen LogP contribution in [0.5, 0.6) is 0 Å². The first-order chi connectivity index (χ1) is 9.97. The van der Waals surface area contributed by atoms with Crippen LogP contribution in [0.25, 0.3) is 0 Å². The summed E-state index contributed by atoms with van der Waals surface area (Å²) < 4.78 is 27.9. The summed E-state index contributed by atoms with van der Waals surface area (Å²) in [5.41, 5.74) is -0.111. The van der Waals surface area contributed by atoms with E-state index in [2.05, 4.69) is 27.9 Å². The molecule has 1 aromatic rings. The Labute approximate surface area is 131 Å². The lowest BCUT2D eigenvalue weighted by Crippen LogP contribution is -2.42. The zero-order valence-corrected chi connectivity index (χ0v) is 13.5. The summed E-state index contributed by atoms with van der Waals surface area (Å²) in [6, 6.07) is 3.44. The summed E-state index contributed by atoms with van der Waals surface area (Å²) in [5, 5.41) is 0. The SMILES string of the molecule is CN1C2CCC1CC(C(=O)Cc1c(F)ccc(Br)c1F)C2. The third-order valence-electron chi connectivity index (χ3n) is 5.04. The van der Waals surface area contributed by atoms with Gasteiger partial charge in [-0.25, -0.2) is 8.78 Å². The van der Waals surface area contributed by atoms with Crippen molar-refractivity contribution in [3.8, 4) is 0 Å². The minimum Gasteiger partial charge on any atom is -0.300 e. The average molecular weight is 358 g/mol. The highest BCUT2D eigenvalue weighted by molar-refractivity contribution is 9.10. The van der Waals surface area contributed by atoms with E-state index in [1.165, 1.54) is 12.1 Å². The maximum absolute atomic E-state index is 14.0. The standard InChI is InChI=1S/C16H18BrF2NO/c1-20-10-2-3-11(20)7-9(6-10)15(21)8-12-14(18)5-4-13(17)16(12)19/h4-5,9-11H,2-3,6-8H2,1H3. The van der Waals surface area contributed by atoms with Crippen LogP contribution in [0.1, 0.15) is 31.2 Å². The van der Waals surface area contributed by atoms with Crippen LogP contribution in [0.2, 0.25) is 0 Å². The lowest BCUT2D eigenvalue weighted by molar-refractivity contribution is -0.124. The zero-order valence-electron chi connectivity index (χ0n) is 11.9. The lowest BCUT2D eigenvalue weighted by atomic mass is 9.85.